The second-order valence-electron chi connectivity index (χ2n) is 3.01. The third-order valence-corrected chi connectivity index (χ3v) is 2.37. The lowest BCUT2D eigenvalue weighted by Crippen LogP contribution is -2.11. The molecule has 0 N–H and O–H groups in total. The summed E-state index contributed by atoms with van der Waals surface area (Å²) in [6, 6.07) is 0. The minimum atomic E-state index is -0.0284. The second kappa shape index (κ2) is 1.84. The van der Waals surface area contributed by atoms with Crippen molar-refractivity contribution < 1.29 is 9.53 Å². The number of carbonyl (C=O) groups excluding carboxylic acids is 1. The van der Waals surface area contributed by atoms with Gasteiger partial charge in [0, 0.05) is 12.3 Å². The number of esters is 1. The maximum atomic E-state index is 10.9. The first-order valence-electron chi connectivity index (χ1n) is 3.66. The number of hydrogen-bond acceptors (Lipinski definition) is 2. The summed E-state index contributed by atoms with van der Waals surface area (Å²) in [5, 5.41) is 0. The van der Waals surface area contributed by atoms with E-state index in [2.05, 4.69) is 12.2 Å². The Labute approximate surface area is 59.9 Å². The Morgan fingerprint density at radius 2 is 2.50 bits per heavy atom. The molecule has 0 aromatic carbocycles. The van der Waals surface area contributed by atoms with Crippen LogP contribution in [0, 0.1) is 11.8 Å². The van der Waals surface area contributed by atoms with E-state index in [9.17, 15) is 4.79 Å². The molecular weight excluding hydrogens is 128 g/mol. The SMILES string of the molecule is C[C@H]1C(=O)O[C@@H]2CC=C[C@@H]21. The van der Waals surface area contributed by atoms with E-state index >= 15 is 0 Å². The van der Waals surface area contributed by atoms with Crippen molar-refractivity contribution in [3.8, 4) is 0 Å². The molecule has 1 aliphatic carbocycles. The first-order valence-corrected chi connectivity index (χ1v) is 3.66. The highest BCUT2D eigenvalue weighted by Crippen LogP contribution is 2.35. The van der Waals surface area contributed by atoms with Gasteiger partial charge in [0.1, 0.15) is 6.10 Å². The lowest BCUT2D eigenvalue weighted by molar-refractivity contribution is -0.143. The van der Waals surface area contributed by atoms with Gasteiger partial charge in [-0.05, 0) is 0 Å². The molecule has 1 aliphatic heterocycles. The van der Waals surface area contributed by atoms with E-state index in [4.69, 9.17) is 4.74 Å². The summed E-state index contributed by atoms with van der Waals surface area (Å²) in [5.41, 5.74) is 0. The summed E-state index contributed by atoms with van der Waals surface area (Å²) in [7, 11) is 0. The molecule has 0 amide bonds. The van der Waals surface area contributed by atoms with Gasteiger partial charge in [0.2, 0.25) is 0 Å². The molecule has 10 heavy (non-hydrogen) atoms. The van der Waals surface area contributed by atoms with Gasteiger partial charge in [0.05, 0.1) is 5.92 Å². The first kappa shape index (κ1) is 5.96. The van der Waals surface area contributed by atoms with Gasteiger partial charge in [0.15, 0.2) is 0 Å². The van der Waals surface area contributed by atoms with Crippen molar-refractivity contribution in [3.63, 3.8) is 0 Å². The van der Waals surface area contributed by atoms with Crippen molar-refractivity contribution in [1.29, 1.82) is 0 Å². The van der Waals surface area contributed by atoms with Crippen molar-refractivity contribution in [1.82, 2.24) is 0 Å². The zero-order valence-corrected chi connectivity index (χ0v) is 5.91. The third kappa shape index (κ3) is 0.618. The third-order valence-electron chi connectivity index (χ3n) is 2.37. The van der Waals surface area contributed by atoms with Crippen molar-refractivity contribution >= 4 is 5.97 Å². The molecule has 3 atom stereocenters. The van der Waals surface area contributed by atoms with Crippen molar-refractivity contribution in [2.24, 2.45) is 11.8 Å². The summed E-state index contributed by atoms with van der Waals surface area (Å²) in [5.74, 6) is 0.426. The maximum absolute atomic E-state index is 10.9. The van der Waals surface area contributed by atoms with Crippen LogP contribution in [0.15, 0.2) is 12.2 Å². The fraction of sp³-hybridized carbons (Fsp3) is 0.625. The summed E-state index contributed by atoms with van der Waals surface area (Å²) in [6.45, 7) is 1.93. The Balaban J connectivity index is 2.23. The summed E-state index contributed by atoms with van der Waals surface area (Å²) in [4.78, 5) is 10.9. The van der Waals surface area contributed by atoms with Crippen LogP contribution in [0.5, 0.6) is 0 Å². The number of carbonyl (C=O) groups is 1. The summed E-state index contributed by atoms with van der Waals surface area (Å²) >= 11 is 0. The normalized spacial score (nSPS) is 43.7. The highest BCUT2D eigenvalue weighted by Gasteiger charge is 2.41. The Morgan fingerprint density at radius 1 is 1.70 bits per heavy atom. The Morgan fingerprint density at radius 3 is 3.20 bits per heavy atom. The average Bonchev–Trinajstić information content (AvgIpc) is 2.41. The van der Waals surface area contributed by atoms with Crippen molar-refractivity contribution in [3.05, 3.63) is 12.2 Å². The molecule has 0 spiro atoms. The Hall–Kier alpha value is -0.790. The van der Waals surface area contributed by atoms with E-state index in [1.165, 1.54) is 0 Å². The smallest absolute Gasteiger partial charge is 0.309 e. The molecule has 0 saturated carbocycles. The maximum Gasteiger partial charge on any atom is 0.309 e. The summed E-state index contributed by atoms with van der Waals surface area (Å²) in [6.07, 6.45) is 5.28. The van der Waals surface area contributed by atoms with Gasteiger partial charge in [-0.25, -0.2) is 0 Å². The van der Waals surface area contributed by atoms with Gasteiger partial charge in [0.25, 0.3) is 0 Å². The van der Waals surface area contributed by atoms with Gasteiger partial charge in [-0.2, -0.15) is 0 Å². The van der Waals surface area contributed by atoms with E-state index < -0.39 is 0 Å². The number of rotatable bonds is 0. The molecule has 1 heterocycles. The molecule has 0 aromatic rings. The predicted octanol–water partition coefficient (Wildman–Crippen LogP) is 1.12. The molecule has 2 aliphatic rings. The minimum absolute atomic E-state index is 0.0284. The molecule has 0 bridgehead atoms. The second-order valence-corrected chi connectivity index (χ2v) is 3.01. The van der Waals surface area contributed by atoms with Crippen LogP contribution in [-0.2, 0) is 9.53 Å². The average molecular weight is 138 g/mol. The molecular formula is C8H10O2. The standard InChI is InChI=1S/C8H10O2/c1-5-6-3-2-4-7(6)10-8(5)9/h2-3,5-7H,4H2,1H3/t5-,6-,7-/m1/s1. The van der Waals surface area contributed by atoms with Crippen LogP contribution in [0.3, 0.4) is 0 Å². The molecule has 2 nitrogen and oxygen atoms in total. The highest BCUT2D eigenvalue weighted by molar-refractivity contribution is 5.75. The van der Waals surface area contributed by atoms with Crippen LogP contribution in [-0.4, -0.2) is 12.1 Å². The highest BCUT2D eigenvalue weighted by atomic mass is 16.6. The molecule has 1 fully saturated rings. The van der Waals surface area contributed by atoms with Gasteiger partial charge in [-0.1, -0.05) is 19.1 Å². The lowest BCUT2D eigenvalue weighted by atomic mass is 9.95. The molecule has 2 rings (SSSR count). The lowest BCUT2D eigenvalue weighted by Gasteiger charge is -2.05. The van der Waals surface area contributed by atoms with E-state index in [0.29, 0.717) is 5.92 Å². The Bertz CT molecular complexity index is 195. The first-order chi connectivity index (χ1) is 4.79. The number of fused-ring (bicyclic) bond motifs is 1. The van der Waals surface area contributed by atoms with Crippen LogP contribution in [0.25, 0.3) is 0 Å². The molecule has 1 saturated heterocycles. The van der Waals surface area contributed by atoms with Gasteiger partial charge in [-0.3, -0.25) is 4.79 Å². The minimum Gasteiger partial charge on any atom is -0.461 e. The molecule has 0 radical (unpaired) electrons. The van der Waals surface area contributed by atoms with Crippen LogP contribution < -0.4 is 0 Å². The van der Waals surface area contributed by atoms with E-state index in [1.54, 1.807) is 0 Å². The molecule has 0 aromatic heterocycles. The van der Waals surface area contributed by atoms with Crippen LogP contribution in [0.2, 0.25) is 0 Å². The van der Waals surface area contributed by atoms with Crippen LogP contribution in [0.4, 0.5) is 0 Å². The predicted molar refractivity (Wildman–Crippen MR) is 36.3 cm³/mol. The molecule has 2 heteroatoms. The van der Waals surface area contributed by atoms with Gasteiger partial charge >= 0.3 is 5.97 Å². The van der Waals surface area contributed by atoms with E-state index in [-0.39, 0.29) is 18.0 Å². The van der Waals surface area contributed by atoms with E-state index in [1.807, 2.05) is 6.92 Å². The topological polar surface area (TPSA) is 26.3 Å². The zero-order chi connectivity index (χ0) is 7.14. The molecule has 0 unspecified atom stereocenters. The summed E-state index contributed by atoms with van der Waals surface area (Å²) < 4.78 is 5.10. The fourth-order valence-electron chi connectivity index (χ4n) is 1.68. The molecule has 54 valence electrons. The number of ether oxygens (including phenoxy) is 1. The van der Waals surface area contributed by atoms with Gasteiger partial charge in [-0.15, -0.1) is 0 Å². The van der Waals surface area contributed by atoms with Crippen molar-refractivity contribution in [2.45, 2.75) is 19.4 Å². The van der Waals surface area contributed by atoms with Crippen LogP contribution >= 0.6 is 0 Å². The monoisotopic (exact) mass is 138 g/mol. The number of hydrogen-bond donors (Lipinski definition) is 0. The van der Waals surface area contributed by atoms with Crippen molar-refractivity contribution in [2.75, 3.05) is 0 Å². The largest absolute Gasteiger partial charge is 0.461 e. The van der Waals surface area contributed by atoms with Crippen LogP contribution in [0.1, 0.15) is 13.3 Å². The zero-order valence-electron chi connectivity index (χ0n) is 5.91. The fourth-order valence-corrected chi connectivity index (χ4v) is 1.68. The Kier molecular flexibility index (Phi) is 1.10. The van der Waals surface area contributed by atoms with Gasteiger partial charge < -0.3 is 4.74 Å². The quantitative estimate of drug-likeness (QED) is 0.370. The van der Waals surface area contributed by atoms with E-state index in [0.717, 1.165) is 6.42 Å².